The summed E-state index contributed by atoms with van der Waals surface area (Å²) in [6, 6.07) is 11.9. The fraction of sp³-hybridized carbons (Fsp3) is 0.0714. The van der Waals surface area contributed by atoms with Crippen LogP contribution in [0.15, 0.2) is 30.3 Å². The number of nitriles is 1. The molecular weight excluding hydrogens is 238 g/mol. The summed E-state index contributed by atoms with van der Waals surface area (Å²) in [5.41, 5.74) is 9.33. The maximum Gasteiger partial charge on any atom is 0.185 e. The van der Waals surface area contributed by atoms with Gasteiger partial charge in [-0.15, -0.1) is 0 Å². The Bertz CT molecular complexity index is 796. The van der Waals surface area contributed by atoms with Gasteiger partial charge in [-0.25, -0.2) is 4.98 Å². The van der Waals surface area contributed by atoms with Gasteiger partial charge in [-0.3, -0.25) is 5.10 Å². The van der Waals surface area contributed by atoms with E-state index in [9.17, 15) is 5.26 Å². The van der Waals surface area contributed by atoms with Crippen LogP contribution < -0.4 is 5.73 Å². The lowest BCUT2D eigenvalue weighted by atomic mass is 10.0. The van der Waals surface area contributed by atoms with Gasteiger partial charge in [0.1, 0.15) is 11.9 Å². The van der Waals surface area contributed by atoms with Crippen LogP contribution in [0.5, 0.6) is 0 Å². The maximum atomic E-state index is 9.36. The molecule has 5 nitrogen and oxygen atoms in total. The van der Waals surface area contributed by atoms with E-state index < -0.39 is 0 Å². The summed E-state index contributed by atoms with van der Waals surface area (Å²) >= 11 is 0. The molecule has 0 spiro atoms. The van der Waals surface area contributed by atoms with Gasteiger partial charge in [0.05, 0.1) is 16.6 Å². The topological polar surface area (TPSA) is 91.4 Å². The normalized spacial score (nSPS) is 10.5. The molecule has 0 unspecified atom stereocenters. The third-order valence-electron chi connectivity index (χ3n) is 3.13. The molecule has 0 atom stereocenters. The Kier molecular flexibility index (Phi) is 2.43. The first kappa shape index (κ1) is 11.2. The van der Waals surface area contributed by atoms with E-state index in [2.05, 4.69) is 21.3 Å². The number of fused-ring (bicyclic) bond motifs is 1. The van der Waals surface area contributed by atoms with Gasteiger partial charge in [-0.2, -0.15) is 10.4 Å². The van der Waals surface area contributed by atoms with Crippen LogP contribution in [0.25, 0.3) is 22.3 Å². The Hall–Kier alpha value is -2.87. The molecule has 0 bridgehead atoms. The molecule has 2 aromatic heterocycles. The zero-order valence-corrected chi connectivity index (χ0v) is 10.3. The largest absolute Gasteiger partial charge is 0.383 e. The molecule has 0 saturated heterocycles. The Morgan fingerprint density at radius 3 is 2.68 bits per heavy atom. The molecule has 0 saturated carbocycles. The summed E-state index contributed by atoms with van der Waals surface area (Å²) in [6.45, 7) is 1.87. The number of aromatic amines is 1. The number of H-pyrrole nitrogens is 1. The predicted octanol–water partition coefficient (Wildman–Crippen LogP) is 2.39. The van der Waals surface area contributed by atoms with E-state index in [0.29, 0.717) is 22.4 Å². The summed E-state index contributed by atoms with van der Waals surface area (Å²) in [5, 5.41) is 16.7. The number of hydrogen-bond donors (Lipinski definition) is 2. The fourth-order valence-electron chi connectivity index (χ4n) is 2.19. The van der Waals surface area contributed by atoms with Gasteiger partial charge in [-0.05, 0) is 12.5 Å². The number of hydrogen-bond acceptors (Lipinski definition) is 4. The Morgan fingerprint density at radius 1 is 1.26 bits per heavy atom. The van der Waals surface area contributed by atoms with Crippen molar-refractivity contribution in [1.82, 2.24) is 15.2 Å². The first-order valence-corrected chi connectivity index (χ1v) is 5.82. The molecule has 0 aliphatic carbocycles. The number of rotatable bonds is 1. The molecule has 3 N–H and O–H groups in total. The predicted molar refractivity (Wildman–Crippen MR) is 73.2 cm³/mol. The molecule has 0 fully saturated rings. The lowest BCUT2D eigenvalue weighted by Crippen LogP contribution is -1.95. The minimum absolute atomic E-state index is 0.377. The molecule has 0 aliphatic rings. The highest BCUT2D eigenvalue weighted by molar-refractivity contribution is 5.94. The van der Waals surface area contributed by atoms with Gasteiger partial charge in [0.25, 0.3) is 0 Å². The monoisotopic (exact) mass is 249 g/mol. The van der Waals surface area contributed by atoms with Crippen molar-refractivity contribution < 1.29 is 0 Å². The van der Waals surface area contributed by atoms with Crippen molar-refractivity contribution in [3.63, 3.8) is 0 Å². The van der Waals surface area contributed by atoms with Crippen LogP contribution in [0, 0.1) is 18.3 Å². The van der Waals surface area contributed by atoms with Crippen LogP contribution >= 0.6 is 0 Å². The second kappa shape index (κ2) is 4.10. The highest BCUT2D eigenvalue weighted by Crippen LogP contribution is 2.30. The molecule has 0 amide bonds. The van der Waals surface area contributed by atoms with E-state index in [0.717, 1.165) is 16.8 Å². The minimum atomic E-state index is 0.377. The van der Waals surface area contributed by atoms with E-state index in [-0.39, 0.29) is 0 Å². The van der Waals surface area contributed by atoms with Crippen LogP contribution in [0.3, 0.4) is 0 Å². The highest BCUT2D eigenvalue weighted by Gasteiger charge is 2.16. The van der Waals surface area contributed by atoms with Crippen molar-refractivity contribution in [1.29, 1.82) is 5.26 Å². The van der Waals surface area contributed by atoms with Crippen molar-refractivity contribution in [3.05, 3.63) is 41.5 Å². The number of nitrogens with one attached hydrogen (secondary N) is 1. The number of nitrogen functional groups attached to an aromatic ring is 1. The van der Waals surface area contributed by atoms with Crippen LogP contribution in [0.4, 0.5) is 5.82 Å². The zero-order chi connectivity index (χ0) is 13.4. The molecule has 3 aromatic rings. The molecule has 0 aliphatic heterocycles. The molecule has 19 heavy (non-hydrogen) atoms. The Labute approximate surface area is 109 Å². The minimum Gasteiger partial charge on any atom is -0.383 e. The van der Waals surface area contributed by atoms with Gasteiger partial charge < -0.3 is 5.73 Å². The molecule has 92 valence electrons. The molecule has 0 radical (unpaired) electrons. The lowest BCUT2D eigenvalue weighted by molar-refractivity contribution is 1.10. The average molecular weight is 249 g/mol. The third-order valence-corrected chi connectivity index (χ3v) is 3.13. The number of aromatic nitrogens is 3. The first-order valence-electron chi connectivity index (χ1n) is 5.82. The van der Waals surface area contributed by atoms with Crippen molar-refractivity contribution in [2.24, 2.45) is 0 Å². The quantitative estimate of drug-likeness (QED) is 0.692. The molecule has 1 aromatic carbocycles. The number of benzene rings is 1. The molecular formula is C14H11N5. The van der Waals surface area contributed by atoms with Gasteiger partial charge in [-0.1, -0.05) is 30.3 Å². The number of pyridine rings is 1. The summed E-state index contributed by atoms with van der Waals surface area (Å²) in [6.07, 6.45) is 0. The summed E-state index contributed by atoms with van der Waals surface area (Å²) in [4.78, 5) is 4.50. The summed E-state index contributed by atoms with van der Waals surface area (Å²) in [7, 11) is 0. The average Bonchev–Trinajstić information content (AvgIpc) is 2.81. The standard InChI is InChI=1S/C14H11N5/c1-8-10(7-15)11-13(16)18-19-14(11)17-12(8)9-5-3-2-4-6-9/h2-6H,1H3,(H3,16,17,18,19). The van der Waals surface area contributed by atoms with Gasteiger partial charge in [0.2, 0.25) is 0 Å². The molecule has 2 heterocycles. The maximum absolute atomic E-state index is 9.36. The Morgan fingerprint density at radius 2 is 2.00 bits per heavy atom. The highest BCUT2D eigenvalue weighted by atomic mass is 15.2. The SMILES string of the molecule is Cc1c(-c2ccccc2)nc2n[nH]c(N)c2c1C#N. The Balaban J connectivity index is 2.40. The number of anilines is 1. The van der Waals surface area contributed by atoms with Gasteiger partial charge in [0.15, 0.2) is 5.65 Å². The first-order chi connectivity index (χ1) is 9.22. The van der Waals surface area contributed by atoms with Crippen molar-refractivity contribution in [3.8, 4) is 17.3 Å². The van der Waals surface area contributed by atoms with Crippen LogP contribution in [-0.4, -0.2) is 15.2 Å². The second-order valence-electron chi connectivity index (χ2n) is 4.27. The van der Waals surface area contributed by atoms with Gasteiger partial charge in [0, 0.05) is 5.56 Å². The summed E-state index contributed by atoms with van der Waals surface area (Å²) < 4.78 is 0. The van der Waals surface area contributed by atoms with Crippen molar-refractivity contribution in [2.45, 2.75) is 6.92 Å². The molecule has 5 heteroatoms. The van der Waals surface area contributed by atoms with E-state index >= 15 is 0 Å². The van der Waals surface area contributed by atoms with E-state index in [1.165, 1.54) is 0 Å². The number of nitrogens with zero attached hydrogens (tertiary/aromatic N) is 3. The summed E-state index contributed by atoms with van der Waals surface area (Å²) in [5.74, 6) is 0.377. The smallest absolute Gasteiger partial charge is 0.185 e. The third kappa shape index (κ3) is 1.62. The van der Waals surface area contributed by atoms with E-state index in [4.69, 9.17) is 5.73 Å². The number of nitrogens with two attached hydrogens (primary N) is 1. The van der Waals surface area contributed by atoms with Crippen molar-refractivity contribution >= 4 is 16.9 Å². The fourth-order valence-corrected chi connectivity index (χ4v) is 2.19. The van der Waals surface area contributed by atoms with Crippen LogP contribution in [-0.2, 0) is 0 Å². The van der Waals surface area contributed by atoms with Crippen LogP contribution in [0.1, 0.15) is 11.1 Å². The van der Waals surface area contributed by atoms with E-state index in [1.807, 2.05) is 37.3 Å². The lowest BCUT2D eigenvalue weighted by Gasteiger charge is -2.07. The zero-order valence-electron chi connectivity index (χ0n) is 10.3. The van der Waals surface area contributed by atoms with Crippen molar-refractivity contribution in [2.75, 3.05) is 5.73 Å². The van der Waals surface area contributed by atoms with Gasteiger partial charge >= 0.3 is 0 Å². The van der Waals surface area contributed by atoms with E-state index in [1.54, 1.807) is 0 Å². The second-order valence-corrected chi connectivity index (χ2v) is 4.27. The van der Waals surface area contributed by atoms with Crippen LogP contribution in [0.2, 0.25) is 0 Å². The molecule has 3 rings (SSSR count).